The minimum absolute atomic E-state index is 0.0162. The van der Waals surface area contributed by atoms with Gasteiger partial charge in [0.15, 0.2) is 0 Å². The lowest BCUT2D eigenvalue weighted by molar-refractivity contribution is -0.163. The third kappa shape index (κ3) is 1.88. The van der Waals surface area contributed by atoms with E-state index in [2.05, 4.69) is 18.0 Å². The molecule has 25 heavy (non-hydrogen) atoms. The van der Waals surface area contributed by atoms with Crippen molar-refractivity contribution < 1.29 is 19.4 Å². The van der Waals surface area contributed by atoms with E-state index in [1.165, 1.54) is 18.1 Å². The fourth-order valence-corrected chi connectivity index (χ4v) is 6.22. The van der Waals surface area contributed by atoms with E-state index < -0.39 is 0 Å². The van der Waals surface area contributed by atoms with Crippen molar-refractivity contribution in [1.29, 1.82) is 0 Å². The molecule has 2 bridgehead atoms. The number of carbonyl (C=O) groups excluding carboxylic acids is 1. The van der Waals surface area contributed by atoms with E-state index in [1.54, 1.807) is 0 Å². The van der Waals surface area contributed by atoms with E-state index in [0.717, 1.165) is 43.5 Å². The molecule has 0 radical (unpaired) electrons. The molecule has 1 aromatic rings. The molecule has 5 nitrogen and oxygen atoms in total. The van der Waals surface area contributed by atoms with Gasteiger partial charge in [0.2, 0.25) is 0 Å². The van der Waals surface area contributed by atoms with Gasteiger partial charge >= 0.3 is 5.97 Å². The minimum Gasteiger partial charge on any atom is -0.485 e. The van der Waals surface area contributed by atoms with Crippen LogP contribution in [-0.2, 0) is 28.0 Å². The van der Waals surface area contributed by atoms with Gasteiger partial charge in [0, 0.05) is 29.5 Å². The van der Waals surface area contributed by atoms with E-state index >= 15 is 0 Å². The number of carbonyl (C=O) groups is 1. The van der Waals surface area contributed by atoms with Gasteiger partial charge in [-0.15, -0.1) is 0 Å². The highest BCUT2D eigenvalue weighted by Gasteiger charge is 2.65. The van der Waals surface area contributed by atoms with Gasteiger partial charge in [0.05, 0.1) is 6.61 Å². The zero-order valence-electron chi connectivity index (χ0n) is 14.8. The van der Waals surface area contributed by atoms with Gasteiger partial charge in [0.25, 0.3) is 0 Å². The lowest BCUT2D eigenvalue weighted by Crippen LogP contribution is -2.66. The normalized spacial score (nSPS) is 38.0. The molecule has 1 N–H and O–H groups in total. The number of aliphatic hydroxyl groups excluding tert-OH is 1. The van der Waals surface area contributed by atoms with E-state index in [9.17, 15) is 9.90 Å². The fourth-order valence-electron chi connectivity index (χ4n) is 6.22. The molecule has 5 unspecified atom stereocenters. The van der Waals surface area contributed by atoms with Gasteiger partial charge in [0.1, 0.15) is 18.0 Å². The number of benzene rings is 1. The molecule has 0 aromatic heterocycles. The Kier molecular flexibility index (Phi) is 3.26. The summed E-state index contributed by atoms with van der Waals surface area (Å²) in [5.41, 5.74) is 3.46. The molecular weight excluding hydrogens is 318 g/mol. The monoisotopic (exact) mass is 343 g/mol. The van der Waals surface area contributed by atoms with Crippen LogP contribution in [0.15, 0.2) is 12.1 Å². The Balaban J connectivity index is 1.71. The summed E-state index contributed by atoms with van der Waals surface area (Å²) in [6, 6.07) is 4.70. The Hall–Kier alpha value is -1.59. The van der Waals surface area contributed by atoms with E-state index in [4.69, 9.17) is 9.47 Å². The molecule has 5 atom stereocenters. The van der Waals surface area contributed by atoms with Gasteiger partial charge in [-0.05, 0) is 50.8 Å². The van der Waals surface area contributed by atoms with E-state index in [1.807, 2.05) is 6.07 Å². The topological polar surface area (TPSA) is 59.0 Å². The van der Waals surface area contributed by atoms with E-state index in [0.29, 0.717) is 12.0 Å². The van der Waals surface area contributed by atoms with Crippen LogP contribution in [0.25, 0.3) is 0 Å². The lowest BCUT2D eigenvalue weighted by Gasteiger charge is -2.58. The SMILES string of the molecule is CC(=O)OC1CCC2C3Cc4ccc(CO)c5c4C2(CCN3C)C1O5. The maximum atomic E-state index is 11.7. The number of hydrogen-bond donors (Lipinski definition) is 1. The predicted molar refractivity (Wildman–Crippen MR) is 91.5 cm³/mol. The highest BCUT2D eigenvalue weighted by atomic mass is 16.6. The number of nitrogens with zero attached hydrogens (tertiary/aromatic N) is 1. The van der Waals surface area contributed by atoms with Crippen molar-refractivity contribution in [2.75, 3.05) is 13.6 Å². The van der Waals surface area contributed by atoms with Crippen LogP contribution < -0.4 is 4.74 Å². The number of aliphatic hydroxyl groups is 1. The van der Waals surface area contributed by atoms with Crippen molar-refractivity contribution in [2.24, 2.45) is 5.92 Å². The molecule has 1 aromatic carbocycles. The summed E-state index contributed by atoms with van der Waals surface area (Å²) in [6.45, 7) is 2.50. The molecule has 2 aliphatic carbocycles. The van der Waals surface area contributed by atoms with E-state index in [-0.39, 0.29) is 30.2 Å². The first-order chi connectivity index (χ1) is 12.1. The average Bonchev–Trinajstić information content (AvgIpc) is 2.94. The first kappa shape index (κ1) is 15.6. The molecule has 134 valence electrons. The first-order valence-electron chi connectivity index (χ1n) is 9.36. The number of rotatable bonds is 2. The van der Waals surface area contributed by atoms with Crippen LogP contribution in [0.4, 0.5) is 0 Å². The Morgan fingerprint density at radius 1 is 1.44 bits per heavy atom. The largest absolute Gasteiger partial charge is 0.485 e. The molecule has 1 saturated heterocycles. The van der Waals surface area contributed by atoms with Crippen molar-refractivity contribution in [3.8, 4) is 5.75 Å². The second kappa shape index (κ2) is 5.21. The molecule has 2 fully saturated rings. The molecule has 2 aliphatic heterocycles. The molecule has 4 aliphatic rings. The summed E-state index contributed by atoms with van der Waals surface area (Å²) in [5, 5.41) is 9.81. The molecule has 0 amide bonds. The molecule has 5 heteroatoms. The van der Waals surface area contributed by atoms with Crippen molar-refractivity contribution in [3.05, 3.63) is 28.8 Å². The second-order valence-electron chi connectivity index (χ2n) is 8.16. The third-order valence-electron chi connectivity index (χ3n) is 7.13. The third-order valence-corrected chi connectivity index (χ3v) is 7.13. The smallest absolute Gasteiger partial charge is 0.303 e. The van der Waals surface area contributed by atoms with Gasteiger partial charge in [-0.1, -0.05) is 12.1 Å². The maximum Gasteiger partial charge on any atom is 0.303 e. The Morgan fingerprint density at radius 2 is 2.28 bits per heavy atom. The molecule has 1 saturated carbocycles. The van der Waals surface area contributed by atoms with Crippen molar-refractivity contribution >= 4 is 5.97 Å². The summed E-state index contributed by atoms with van der Waals surface area (Å²) in [7, 11) is 2.23. The van der Waals surface area contributed by atoms with Crippen LogP contribution in [0.1, 0.15) is 42.9 Å². The number of likely N-dealkylation sites (tertiary alicyclic amines) is 1. The Labute approximate surface area is 147 Å². The van der Waals surface area contributed by atoms with Crippen LogP contribution in [0.5, 0.6) is 5.75 Å². The highest BCUT2D eigenvalue weighted by Crippen LogP contribution is 2.63. The molecular formula is C20H25NO4. The number of esters is 1. The standard InChI is InChI=1S/C20H25NO4/c1-11(23)24-16-6-5-14-15-9-12-3-4-13(10-22)18-17(12)20(14,19(16)25-18)7-8-21(15)2/h3-4,14-16,19,22H,5-10H2,1-2H3. The molecule has 1 spiro atoms. The number of ether oxygens (including phenoxy) is 2. The summed E-state index contributed by atoms with van der Waals surface area (Å²) >= 11 is 0. The van der Waals surface area contributed by atoms with Gasteiger partial charge < -0.3 is 19.5 Å². The van der Waals surface area contributed by atoms with Gasteiger partial charge in [-0.25, -0.2) is 0 Å². The van der Waals surface area contributed by atoms with Crippen LogP contribution in [0, 0.1) is 5.92 Å². The summed E-state index contributed by atoms with van der Waals surface area (Å²) in [4.78, 5) is 14.2. The van der Waals surface area contributed by atoms with Gasteiger partial charge in [-0.3, -0.25) is 4.79 Å². The van der Waals surface area contributed by atoms with Crippen molar-refractivity contribution in [2.45, 2.75) is 62.9 Å². The molecule has 2 heterocycles. The summed E-state index contributed by atoms with van der Waals surface area (Å²) < 4.78 is 12.2. The summed E-state index contributed by atoms with van der Waals surface area (Å²) in [6.07, 6.45) is 3.69. The van der Waals surface area contributed by atoms with Crippen LogP contribution in [-0.4, -0.2) is 47.8 Å². The fraction of sp³-hybridized carbons (Fsp3) is 0.650. The zero-order valence-corrected chi connectivity index (χ0v) is 14.8. The highest BCUT2D eigenvalue weighted by molar-refractivity contribution is 5.66. The van der Waals surface area contributed by atoms with Crippen LogP contribution in [0.2, 0.25) is 0 Å². The van der Waals surface area contributed by atoms with Gasteiger partial charge in [-0.2, -0.15) is 0 Å². The number of hydrogen-bond acceptors (Lipinski definition) is 5. The first-order valence-corrected chi connectivity index (χ1v) is 9.36. The predicted octanol–water partition coefficient (Wildman–Crippen LogP) is 1.78. The lowest BCUT2D eigenvalue weighted by atomic mass is 9.51. The number of likely N-dealkylation sites (N-methyl/N-ethyl adjacent to an activating group) is 1. The summed E-state index contributed by atoms with van der Waals surface area (Å²) in [5.74, 6) is 1.17. The Bertz CT molecular complexity index is 747. The quantitative estimate of drug-likeness (QED) is 0.830. The zero-order chi connectivity index (χ0) is 17.3. The van der Waals surface area contributed by atoms with Crippen LogP contribution >= 0.6 is 0 Å². The average molecular weight is 343 g/mol. The minimum atomic E-state index is -0.234. The van der Waals surface area contributed by atoms with Crippen molar-refractivity contribution in [1.82, 2.24) is 4.90 Å². The van der Waals surface area contributed by atoms with Crippen LogP contribution in [0.3, 0.4) is 0 Å². The maximum absolute atomic E-state index is 11.7. The molecule has 5 rings (SSSR count). The second-order valence-corrected chi connectivity index (χ2v) is 8.16. The van der Waals surface area contributed by atoms with Crippen molar-refractivity contribution in [3.63, 3.8) is 0 Å². The number of piperidine rings is 1. The Morgan fingerprint density at radius 3 is 3.04 bits per heavy atom.